The van der Waals surface area contributed by atoms with E-state index in [1.165, 1.54) is 7.11 Å². The van der Waals surface area contributed by atoms with Crippen molar-refractivity contribution in [2.75, 3.05) is 7.11 Å². The van der Waals surface area contributed by atoms with Crippen molar-refractivity contribution < 1.29 is 14.1 Å². The summed E-state index contributed by atoms with van der Waals surface area (Å²) in [6.45, 7) is 3.88. The summed E-state index contributed by atoms with van der Waals surface area (Å²) in [7, 11) is 1.35. The zero-order valence-electron chi connectivity index (χ0n) is 15.6. The SMILES string of the molecule is COC(=O)c1ccc(-n2nnc(-c3nc(-c4ccc(C)cc4)no3)c2C)cc1. The molecule has 0 spiro atoms. The van der Waals surface area contributed by atoms with Gasteiger partial charge < -0.3 is 9.26 Å². The number of methoxy groups -OCH3 is 1. The van der Waals surface area contributed by atoms with Crippen LogP contribution in [0, 0.1) is 13.8 Å². The van der Waals surface area contributed by atoms with Crippen molar-refractivity contribution in [1.29, 1.82) is 0 Å². The molecule has 8 heteroatoms. The zero-order valence-corrected chi connectivity index (χ0v) is 15.6. The van der Waals surface area contributed by atoms with Gasteiger partial charge in [-0.25, -0.2) is 9.48 Å². The van der Waals surface area contributed by atoms with Crippen LogP contribution in [0.1, 0.15) is 21.6 Å². The lowest BCUT2D eigenvalue weighted by atomic mass is 10.1. The summed E-state index contributed by atoms with van der Waals surface area (Å²) in [6.07, 6.45) is 0. The first-order valence-corrected chi connectivity index (χ1v) is 8.59. The molecule has 0 atom stereocenters. The molecular formula is C20H17N5O3. The fourth-order valence-corrected chi connectivity index (χ4v) is 2.77. The first-order valence-electron chi connectivity index (χ1n) is 8.59. The molecule has 0 radical (unpaired) electrons. The molecule has 0 aliphatic heterocycles. The van der Waals surface area contributed by atoms with Gasteiger partial charge >= 0.3 is 5.97 Å². The average molecular weight is 375 g/mol. The summed E-state index contributed by atoms with van der Waals surface area (Å²) in [5, 5.41) is 12.4. The minimum Gasteiger partial charge on any atom is -0.465 e. The van der Waals surface area contributed by atoms with E-state index in [-0.39, 0.29) is 0 Å². The highest BCUT2D eigenvalue weighted by molar-refractivity contribution is 5.89. The van der Waals surface area contributed by atoms with E-state index < -0.39 is 5.97 Å². The maximum absolute atomic E-state index is 11.6. The summed E-state index contributed by atoms with van der Waals surface area (Å²) in [6, 6.07) is 14.7. The van der Waals surface area contributed by atoms with E-state index in [0.29, 0.717) is 23.0 Å². The molecule has 140 valence electrons. The Hall–Kier alpha value is -3.81. The number of rotatable bonds is 4. The maximum atomic E-state index is 11.6. The Kier molecular flexibility index (Phi) is 4.44. The molecule has 2 heterocycles. The minimum atomic E-state index is -0.392. The highest BCUT2D eigenvalue weighted by Crippen LogP contribution is 2.24. The van der Waals surface area contributed by atoms with E-state index in [2.05, 4.69) is 20.5 Å². The van der Waals surface area contributed by atoms with Crippen LogP contribution < -0.4 is 0 Å². The highest BCUT2D eigenvalue weighted by Gasteiger charge is 2.19. The second kappa shape index (κ2) is 7.07. The maximum Gasteiger partial charge on any atom is 0.337 e. The van der Waals surface area contributed by atoms with Crippen LogP contribution >= 0.6 is 0 Å². The molecule has 2 aromatic heterocycles. The molecule has 4 aromatic rings. The lowest BCUT2D eigenvalue weighted by Gasteiger charge is -2.04. The molecule has 0 N–H and O–H groups in total. The zero-order chi connectivity index (χ0) is 19.7. The molecule has 0 saturated heterocycles. The second-order valence-corrected chi connectivity index (χ2v) is 6.26. The van der Waals surface area contributed by atoms with Gasteiger partial charge in [0.25, 0.3) is 5.89 Å². The number of esters is 1. The van der Waals surface area contributed by atoms with Crippen LogP contribution in [0.2, 0.25) is 0 Å². The van der Waals surface area contributed by atoms with Crippen LogP contribution in [0.4, 0.5) is 0 Å². The fourth-order valence-electron chi connectivity index (χ4n) is 2.77. The predicted octanol–water partition coefficient (Wildman–Crippen LogP) is 3.39. The van der Waals surface area contributed by atoms with Crippen LogP contribution in [0.3, 0.4) is 0 Å². The summed E-state index contributed by atoms with van der Waals surface area (Å²) >= 11 is 0. The van der Waals surface area contributed by atoms with Crippen molar-refractivity contribution in [3.8, 4) is 28.7 Å². The molecule has 0 saturated carbocycles. The smallest absolute Gasteiger partial charge is 0.337 e. The normalized spacial score (nSPS) is 10.8. The number of benzene rings is 2. The number of carbonyl (C=O) groups excluding carboxylic acids is 1. The third-order valence-corrected chi connectivity index (χ3v) is 4.37. The second-order valence-electron chi connectivity index (χ2n) is 6.26. The highest BCUT2D eigenvalue weighted by atomic mass is 16.5. The summed E-state index contributed by atoms with van der Waals surface area (Å²) in [5.74, 6) is 0.397. The van der Waals surface area contributed by atoms with Gasteiger partial charge in [-0.1, -0.05) is 40.2 Å². The van der Waals surface area contributed by atoms with Gasteiger partial charge in [0, 0.05) is 5.56 Å². The van der Waals surface area contributed by atoms with Gasteiger partial charge in [-0.3, -0.25) is 0 Å². The molecule has 8 nitrogen and oxygen atoms in total. The van der Waals surface area contributed by atoms with Crippen molar-refractivity contribution in [1.82, 2.24) is 25.1 Å². The van der Waals surface area contributed by atoms with Crippen molar-refractivity contribution in [2.24, 2.45) is 0 Å². The molecule has 0 aliphatic carbocycles. The lowest BCUT2D eigenvalue weighted by molar-refractivity contribution is 0.0600. The van der Waals surface area contributed by atoms with Crippen LogP contribution in [0.5, 0.6) is 0 Å². The number of hydrogen-bond acceptors (Lipinski definition) is 7. The van der Waals surface area contributed by atoms with Crippen molar-refractivity contribution >= 4 is 5.97 Å². The number of carbonyl (C=O) groups is 1. The molecule has 0 aliphatic rings. The van der Waals surface area contributed by atoms with Crippen molar-refractivity contribution in [3.63, 3.8) is 0 Å². The molecule has 4 rings (SSSR count). The van der Waals surface area contributed by atoms with Gasteiger partial charge in [-0.2, -0.15) is 4.98 Å². The van der Waals surface area contributed by atoms with Gasteiger partial charge in [0.1, 0.15) is 0 Å². The van der Waals surface area contributed by atoms with E-state index in [0.717, 1.165) is 22.5 Å². The topological polar surface area (TPSA) is 95.9 Å². The van der Waals surface area contributed by atoms with Gasteiger partial charge in [0.15, 0.2) is 5.69 Å². The van der Waals surface area contributed by atoms with E-state index in [4.69, 9.17) is 9.26 Å². The Morgan fingerprint density at radius 1 is 1.04 bits per heavy atom. The Labute approximate surface area is 160 Å². The van der Waals surface area contributed by atoms with Crippen LogP contribution in [0.25, 0.3) is 28.7 Å². The molecule has 0 amide bonds. The van der Waals surface area contributed by atoms with Crippen LogP contribution in [0.15, 0.2) is 53.1 Å². The Morgan fingerprint density at radius 3 is 2.43 bits per heavy atom. The largest absolute Gasteiger partial charge is 0.465 e. The Balaban J connectivity index is 1.64. The number of ether oxygens (including phenoxy) is 1. The third kappa shape index (κ3) is 3.16. The van der Waals surface area contributed by atoms with Gasteiger partial charge in [-0.05, 0) is 38.1 Å². The van der Waals surface area contributed by atoms with Gasteiger partial charge in [0.05, 0.1) is 24.1 Å². The van der Waals surface area contributed by atoms with E-state index >= 15 is 0 Å². The molecule has 0 unspecified atom stereocenters. The van der Waals surface area contributed by atoms with Crippen LogP contribution in [-0.4, -0.2) is 38.2 Å². The lowest BCUT2D eigenvalue weighted by Crippen LogP contribution is -2.03. The number of nitrogens with zero attached hydrogens (tertiary/aromatic N) is 5. The Bertz CT molecular complexity index is 1130. The minimum absolute atomic E-state index is 0.297. The third-order valence-electron chi connectivity index (χ3n) is 4.37. The van der Waals surface area contributed by atoms with Crippen molar-refractivity contribution in [3.05, 3.63) is 65.4 Å². The predicted molar refractivity (Wildman–Crippen MR) is 101 cm³/mol. The van der Waals surface area contributed by atoms with Gasteiger partial charge in [-0.15, -0.1) is 5.10 Å². The van der Waals surface area contributed by atoms with Gasteiger partial charge in [0.2, 0.25) is 5.82 Å². The molecule has 0 bridgehead atoms. The standard InChI is InChI=1S/C20H17N5O3/c1-12-4-6-14(7-5-12)18-21-19(28-23-18)17-13(2)25(24-22-17)16-10-8-15(9-11-16)20(26)27-3/h4-11H,1-3H3. The quantitative estimate of drug-likeness (QED) is 0.504. The molecule has 0 fully saturated rings. The summed E-state index contributed by atoms with van der Waals surface area (Å²) in [4.78, 5) is 16.0. The molecule has 28 heavy (non-hydrogen) atoms. The first-order chi connectivity index (χ1) is 13.6. The number of aromatic nitrogens is 5. The van der Waals surface area contributed by atoms with Crippen molar-refractivity contribution in [2.45, 2.75) is 13.8 Å². The summed E-state index contributed by atoms with van der Waals surface area (Å²) in [5.41, 5.74) is 4.48. The average Bonchev–Trinajstić information content (AvgIpc) is 3.35. The molecular weight excluding hydrogens is 358 g/mol. The first kappa shape index (κ1) is 17.6. The fraction of sp³-hybridized carbons (Fsp3) is 0.150. The van der Waals surface area contributed by atoms with E-state index in [9.17, 15) is 4.79 Å². The van der Waals surface area contributed by atoms with Crippen LogP contribution in [-0.2, 0) is 4.74 Å². The Morgan fingerprint density at radius 2 is 1.75 bits per heavy atom. The monoisotopic (exact) mass is 375 g/mol. The van der Waals surface area contributed by atoms with E-state index in [1.807, 2.05) is 38.1 Å². The van der Waals surface area contributed by atoms with E-state index in [1.54, 1.807) is 28.9 Å². The number of hydrogen-bond donors (Lipinski definition) is 0. The number of aryl methyl sites for hydroxylation is 1. The molecule has 2 aromatic carbocycles. The summed E-state index contributed by atoms with van der Waals surface area (Å²) < 4.78 is 11.7.